The van der Waals surface area contributed by atoms with Gasteiger partial charge in [-0.15, -0.1) is 0 Å². The summed E-state index contributed by atoms with van der Waals surface area (Å²) < 4.78 is 20.0. The summed E-state index contributed by atoms with van der Waals surface area (Å²) in [5, 5.41) is 2.33. The molecule has 0 bridgehead atoms. The molecule has 0 saturated carbocycles. The van der Waals surface area contributed by atoms with Gasteiger partial charge in [0.1, 0.15) is 24.6 Å². The van der Waals surface area contributed by atoms with Crippen LogP contribution in [0.2, 0.25) is 0 Å². The van der Waals surface area contributed by atoms with Gasteiger partial charge in [0.15, 0.2) is 13.1 Å². The zero-order valence-electron chi connectivity index (χ0n) is 18.1. The van der Waals surface area contributed by atoms with Crippen molar-refractivity contribution in [3.63, 3.8) is 0 Å². The number of ether oxygens (including phenoxy) is 2. The summed E-state index contributed by atoms with van der Waals surface area (Å²) in [6, 6.07) is 23.8. The maximum atomic E-state index is 6.56. The van der Waals surface area contributed by atoms with Crippen molar-refractivity contribution in [1.82, 2.24) is 4.58 Å². The van der Waals surface area contributed by atoms with Gasteiger partial charge in [0.2, 0.25) is 5.36 Å². The average Bonchev–Trinajstić information content (AvgIpc) is 2.88. The molecule has 1 aliphatic carbocycles. The molecule has 2 aromatic rings. The lowest BCUT2D eigenvalue weighted by molar-refractivity contribution is 0.0965. The third kappa shape index (κ3) is 3.57. The molecule has 5 nitrogen and oxygen atoms in total. The van der Waals surface area contributed by atoms with Gasteiger partial charge in [-0.05, 0) is 23.8 Å². The standard InChI is InChI=1S/C27H27N2O3/c1-2-4-20(5-3-1)27-23-8-6-21(28-10-14-30-15-11-28)18-25(23)32-26-19-22(7-9-24(26)27)29-12-16-31-17-13-29/h1-9,18-19H,10-17H2/q+1. The van der Waals surface area contributed by atoms with E-state index in [0.717, 1.165) is 74.9 Å². The molecule has 4 aliphatic rings. The van der Waals surface area contributed by atoms with E-state index in [9.17, 15) is 0 Å². The number of hydrogen-bond acceptors (Lipinski definition) is 4. The molecule has 162 valence electrons. The van der Waals surface area contributed by atoms with Crippen molar-refractivity contribution in [2.75, 3.05) is 57.5 Å². The van der Waals surface area contributed by atoms with Crippen LogP contribution < -0.4 is 14.8 Å². The summed E-state index contributed by atoms with van der Waals surface area (Å²) in [5.41, 5.74) is 5.67. The Morgan fingerprint density at radius 2 is 1.53 bits per heavy atom. The second kappa shape index (κ2) is 8.41. The Kier molecular flexibility index (Phi) is 5.13. The Hall–Kier alpha value is -3.15. The minimum absolute atomic E-state index is 0.769. The van der Waals surface area contributed by atoms with Crippen molar-refractivity contribution < 1.29 is 13.9 Å². The molecule has 6 rings (SSSR count). The zero-order chi connectivity index (χ0) is 21.3. The van der Waals surface area contributed by atoms with Gasteiger partial charge in [-0.3, -0.25) is 0 Å². The Balaban J connectivity index is 1.59. The molecule has 3 heterocycles. The van der Waals surface area contributed by atoms with E-state index in [2.05, 4.69) is 76.2 Å². The number of benzene rings is 3. The fourth-order valence-electron chi connectivity index (χ4n) is 4.82. The summed E-state index contributed by atoms with van der Waals surface area (Å²) in [6.07, 6.45) is 0. The smallest absolute Gasteiger partial charge is 0.203 e. The lowest BCUT2D eigenvalue weighted by Gasteiger charge is -2.29. The Bertz CT molecular complexity index is 1280. The van der Waals surface area contributed by atoms with Crippen LogP contribution in [0, 0.1) is 0 Å². The van der Waals surface area contributed by atoms with Gasteiger partial charge >= 0.3 is 0 Å². The zero-order valence-corrected chi connectivity index (χ0v) is 18.1. The third-order valence-electron chi connectivity index (χ3n) is 6.50. The number of morpholine rings is 2. The molecule has 2 fully saturated rings. The molecule has 5 heteroatoms. The van der Waals surface area contributed by atoms with Gasteiger partial charge < -0.3 is 18.8 Å². The average molecular weight is 428 g/mol. The van der Waals surface area contributed by atoms with Gasteiger partial charge in [-0.2, -0.15) is 0 Å². The summed E-state index contributed by atoms with van der Waals surface area (Å²) in [6.45, 7) is 6.71. The minimum atomic E-state index is 0.769. The van der Waals surface area contributed by atoms with E-state index in [-0.39, 0.29) is 0 Å². The first kappa shape index (κ1) is 19.5. The molecule has 0 atom stereocenters. The first-order chi connectivity index (χ1) is 15.9. The van der Waals surface area contributed by atoms with Crippen LogP contribution in [0.1, 0.15) is 0 Å². The highest BCUT2D eigenvalue weighted by Gasteiger charge is 2.21. The van der Waals surface area contributed by atoms with E-state index in [1.165, 1.54) is 22.2 Å². The molecule has 32 heavy (non-hydrogen) atoms. The molecule has 0 amide bonds. The number of anilines is 1. The van der Waals surface area contributed by atoms with Crippen molar-refractivity contribution in [3.8, 4) is 22.5 Å². The molecule has 0 aromatic heterocycles. The molecule has 3 aliphatic heterocycles. The third-order valence-corrected chi connectivity index (χ3v) is 6.50. The first-order valence-corrected chi connectivity index (χ1v) is 11.4. The normalized spacial score (nSPS) is 17.2. The van der Waals surface area contributed by atoms with Crippen LogP contribution in [0.25, 0.3) is 33.4 Å². The monoisotopic (exact) mass is 427 g/mol. The quantitative estimate of drug-likeness (QED) is 0.360. The highest BCUT2D eigenvalue weighted by atomic mass is 16.5. The summed E-state index contributed by atoms with van der Waals surface area (Å²) in [4.78, 5) is 2.37. The van der Waals surface area contributed by atoms with E-state index in [4.69, 9.17) is 13.9 Å². The van der Waals surface area contributed by atoms with E-state index in [1.807, 2.05) is 0 Å². The first-order valence-electron chi connectivity index (χ1n) is 11.4. The van der Waals surface area contributed by atoms with Gasteiger partial charge in [0, 0.05) is 47.4 Å². The molecule has 0 spiro atoms. The van der Waals surface area contributed by atoms with Crippen LogP contribution in [-0.4, -0.2) is 52.6 Å². The van der Waals surface area contributed by atoms with E-state index in [1.54, 1.807) is 0 Å². The second-order valence-electron chi connectivity index (χ2n) is 8.40. The topological polar surface area (TPSA) is 37.9 Å². The van der Waals surface area contributed by atoms with Crippen molar-refractivity contribution in [1.29, 1.82) is 0 Å². The summed E-state index contributed by atoms with van der Waals surface area (Å²) in [5.74, 6) is 0.916. The number of rotatable bonds is 2. The predicted octanol–water partition coefficient (Wildman–Crippen LogP) is 3.84. The molecular weight excluding hydrogens is 400 g/mol. The van der Waals surface area contributed by atoms with Crippen LogP contribution >= 0.6 is 0 Å². The van der Waals surface area contributed by atoms with Gasteiger partial charge in [0.05, 0.1) is 19.3 Å². The van der Waals surface area contributed by atoms with Crippen LogP contribution in [0.4, 0.5) is 5.69 Å². The van der Waals surface area contributed by atoms with Crippen molar-refractivity contribution in [2.45, 2.75) is 0 Å². The molecule has 2 saturated heterocycles. The molecular formula is C27H27N2O3+. The van der Waals surface area contributed by atoms with E-state index in [0.29, 0.717) is 0 Å². The van der Waals surface area contributed by atoms with Gasteiger partial charge in [0.25, 0.3) is 0 Å². The summed E-state index contributed by atoms with van der Waals surface area (Å²) >= 11 is 0. The van der Waals surface area contributed by atoms with E-state index >= 15 is 0 Å². The number of nitrogens with zero attached hydrogens (tertiary/aromatic N) is 2. The second-order valence-corrected chi connectivity index (χ2v) is 8.40. The fraction of sp³-hybridized carbons (Fsp3) is 0.296. The Morgan fingerprint density at radius 1 is 0.750 bits per heavy atom. The Morgan fingerprint density at radius 3 is 2.34 bits per heavy atom. The maximum Gasteiger partial charge on any atom is 0.203 e. The van der Waals surface area contributed by atoms with Crippen molar-refractivity contribution in [3.05, 3.63) is 72.1 Å². The highest BCUT2D eigenvalue weighted by Crippen LogP contribution is 2.40. The SMILES string of the molecule is c1ccc(-c2c3ccc(=[N+]4CCOCC4)cc-3oc3cc(N4CCOCC4)ccc23)cc1. The largest absolute Gasteiger partial charge is 0.456 e. The summed E-state index contributed by atoms with van der Waals surface area (Å²) in [7, 11) is 0. The van der Waals surface area contributed by atoms with Crippen LogP contribution in [0.15, 0.2) is 71.1 Å². The molecule has 2 aromatic carbocycles. The van der Waals surface area contributed by atoms with Gasteiger partial charge in [-0.1, -0.05) is 30.3 Å². The number of fused-ring (bicyclic) bond motifs is 2. The highest BCUT2D eigenvalue weighted by molar-refractivity contribution is 6.02. The predicted molar refractivity (Wildman–Crippen MR) is 127 cm³/mol. The molecule has 0 N–H and O–H groups in total. The van der Waals surface area contributed by atoms with Crippen molar-refractivity contribution in [2.24, 2.45) is 0 Å². The molecule has 0 radical (unpaired) electrons. The van der Waals surface area contributed by atoms with Gasteiger partial charge in [-0.25, -0.2) is 4.58 Å². The number of hydrogen-bond donors (Lipinski definition) is 0. The minimum Gasteiger partial charge on any atom is -0.456 e. The fourth-order valence-corrected chi connectivity index (χ4v) is 4.82. The Labute approximate surface area is 187 Å². The van der Waals surface area contributed by atoms with Crippen molar-refractivity contribution >= 4 is 16.7 Å². The van der Waals surface area contributed by atoms with Crippen LogP contribution in [-0.2, 0) is 9.47 Å². The lowest BCUT2D eigenvalue weighted by Crippen LogP contribution is -2.39. The van der Waals surface area contributed by atoms with E-state index < -0.39 is 0 Å². The lowest BCUT2D eigenvalue weighted by atomic mass is 9.93. The van der Waals surface area contributed by atoms with Crippen LogP contribution in [0.3, 0.4) is 0 Å². The maximum absolute atomic E-state index is 6.56. The van der Waals surface area contributed by atoms with Crippen LogP contribution in [0.5, 0.6) is 0 Å². The molecule has 0 unspecified atom stereocenters.